The highest BCUT2D eigenvalue weighted by Crippen LogP contribution is 2.39. The van der Waals surface area contributed by atoms with Crippen LogP contribution in [0.3, 0.4) is 0 Å². The summed E-state index contributed by atoms with van der Waals surface area (Å²) in [4.78, 5) is 0. The molecular formula is C19H16Cl2F4. The smallest absolute Gasteiger partial charge is 0.204 e. The first-order valence-corrected chi connectivity index (χ1v) is 8.38. The molecule has 134 valence electrons. The van der Waals surface area contributed by atoms with Crippen LogP contribution in [0.25, 0.3) is 6.08 Å². The Hall–Kier alpha value is -1.52. The van der Waals surface area contributed by atoms with Gasteiger partial charge in [0.25, 0.3) is 0 Å². The molecule has 0 saturated heterocycles. The molecule has 0 N–H and O–H groups in total. The number of hydrogen-bond donors (Lipinski definition) is 0. The molecule has 0 radical (unpaired) electrons. The lowest BCUT2D eigenvalue weighted by molar-refractivity contribution is -0.139. The van der Waals surface area contributed by atoms with E-state index in [1.165, 1.54) is 6.08 Å². The van der Waals surface area contributed by atoms with Gasteiger partial charge < -0.3 is 0 Å². The van der Waals surface area contributed by atoms with Crippen LogP contribution in [0.2, 0.25) is 10.0 Å². The third-order valence-corrected chi connectivity index (χ3v) is 4.50. The number of benzene rings is 2. The number of rotatable bonds is 4. The predicted octanol–water partition coefficient (Wildman–Crippen LogP) is 7.36. The Balaban J connectivity index is 2.43. The van der Waals surface area contributed by atoms with Gasteiger partial charge in [-0.05, 0) is 47.7 Å². The van der Waals surface area contributed by atoms with Crippen LogP contribution in [0.4, 0.5) is 17.6 Å². The molecule has 0 amide bonds. The van der Waals surface area contributed by atoms with Gasteiger partial charge in [-0.25, -0.2) is 4.39 Å². The molecule has 0 bridgehead atoms. The minimum Gasteiger partial charge on any atom is -0.204 e. The second kappa shape index (κ2) is 7.79. The molecule has 2 rings (SSSR count). The Kier molecular flexibility index (Phi) is 6.17. The quantitative estimate of drug-likeness (QED) is 0.377. The van der Waals surface area contributed by atoms with Gasteiger partial charge in [-0.2, -0.15) is 13.2 Å². The second-order valence-electron chi connectivity index (χ2n) is 5.72. The van der Waals surface area contributed by atoms with Crippen LogP contribution in [-0.4, -0.2) is 6.18 Å². The molecule has 0 aliphatic heterocycles. The zero-order chi connectivity index (χ0) is 18.8. The standard InChI is InChI=1S/C19H16Cl2F4/c1-3-13-8-12(5-4-11(13)2)6-7-15(19(23,24)25)14-9-16(20)18(22)17(21)10-14/h4-10,15H,3H2,1-2H3/b7-6+. The van der Waals surface area contributed by atoms with Gasteiger partial charge in [-0.3, -0.25) is 0 Å². The van der Waals surface area contributed by atoms with Crippen molar-refractivity contribution in [2.75, 3.05) is 0 Å². The van der Waals surface area contributed by atoms with E-state index in [1.807, 2.05) is 26.0 Å². The molecule has 0 aliphatic rings. The zero-order valence-corrected chi connectivity index (χ0v) is 15.1. The van der Waals surface area contributed by atoms with Gasteiger partial charge >= 0.3 is 6.18 Å². The molecule has 0 aromatic heterocycles. The molecule has 0 nitrogen and oxygen atoms in total. The van der Waals surface area contributed by atoms with Gasteiger partial charge in [-0.15, -0.1) is 0 Å². The highest BCUT2D eigenvalue weighted by atomic mass is 35.5. The fourth-order valence-corrected chi connectivity index (χ4v) is 3.05. The maximum atomic E-state index is 13.5. The molecule has 0 aliphatic carbocycles. The number of alkyl halides is 3. The van der Waals surface area contributed by atoms with Crippen LogP contribution in [0.1, 0.15) is 35.1 Å². The Bertz CT molecular complexity index is 771. The van der Waals surface area contributed by atoms with Crippen LogP contribution in [0, 0.1) is 12.7 Å². The largest absolute Gasteiger partial charge is 0.399 e. The van der Waals surface area contributed by atoms with Gasteiger partial charge in [0.05, 0.1) is 16.0 Å². The van der Waals surface area contributed by atoms with E-state index in [0.717, 1.165) is 35.8 Å². The van der Waals surface area contributed by atoms with Crippen molar-refractivity contribution in [1.82, 2.24) is 0 Å². The second-order valence-corrected chi connectivity index (χ2v) is 6.53. The summed E-state index contributed by atoms with van der Waals surface area (Å²) in [6, 6.07) is 7.38. The first-order chi connectivity index (χ1) is 11.6. The van der Waals surface area contributed by atoms with E-state index < -0.39 is 28.0 Å². The number of hydrogen-bond acceptors (Lipinski definition) is 0. The first-order valence-electron chi connectivity index (χ1n) is 7.62. The van der Waals surface area contributed by atoms with Crippen molar-refractivity contribution >= 4 is 29.3 Å². The van der Waals surface area contributed by atoms with E-state index in [2.05, 4.69) is 0 Å². The van der Waals surface area contributed by atoms with E-state index in [9.17, 15) is 17.6 Å². The Morgan fingerprint density at radius 3 is 2.20 bits per heavy atom. The lowest BCUT2D eigenvalue weighted by Crippen LogP contribution is -2.19. The van der Waals surface area contributed by atoms with Crippen LogP contribution in [0.5, 0.6) is 0 Å². The fourth-order valence-electron chi connectivity index (χ4n) is 2.55. The monoisotopic (exact) mass is 390 g/mol. The summed E-state index contributed by atoms with van der Waals surface area (Å²) in [6.07, 6.45) is -1.33. The van der Waals surface area contributed by atoms with E-state index in [0.29, 0.717) is 5.56 Å². The average molecular weight is 391 g/mol. The Labute approximate surface area is 154 Å². The molecule has 6 heteroatoms. The summed E-state index contributed by atoms with van der Waals surface area (Å²) in [7, 11) is 0. The summed E-state index contributed by atoms with van der Waals surface area (Å²) >= 11 is 11.3. The molecule has 25 heavy (non-hydrogen) atoms. The summed E-state index contributed by atoms with van der Waals surface area (Å²) in [5, 5.41) is -0.873. The van der Waals surface area contributed by atoms with Crippen molar-refractivity contribution in [3.05, 3.63) is 74.5 Å². The normalized spacial score (nSPS) is 13.4. The van der Waals surface area contributed by atoms with Gasteiger partial charge in [0, 0.05) is 0 Å². The Morgan fingerprint density at radius 1 is 1.08 bits per heavy atom. The lowest BCUT2D eigenvalue weighted by Gasteiger charge is -2.18. The van der Waals surface area contributed by atoms with Crippen molar-refractivity contribution in [2.24, 2.45) is 0 Å². The van der Waals surface area contributed by atoms with Crippen LogP contribution >= 0.6 is 23.2 Å². The van der Waals surface area contributed by atoms with Crippen molar-refractivity contribution in [3.8, 4) is 0 Å². The number of allylic oxidation sites excluding steroid dienone is 1. The van der Waals surface area contributed by atoms with E-state index in [1.54, 1.807) is 6.07 Å². The molecule has 1 unspecified atom stereocenters. The third kappa shape index (κ3) is 4.77. The third-order valence-electron chi connectivity index (χ3n) is 3.95. The number of halogens is 6. The van der Waals surface area contributed by atoms with Gasteiger partial charge in [-0.1, -0.05) is 60.5 Å². The summed E-state index contributed by atoms with van der Waals surface area (Å²) in [6.45, 7) is 3.93. The summed E-state index contributed by atoms with van der Waals surface area (Å²) < 4.78 is 53.8. The van der Waals surface area contributed by atoms with Crippen molar-refractivity contribution in [2.45, 2.75) is 32.4 Å². The van der Waals surface area contributed by atoms with E-state index in [4.69, 9.17) is 23.2 Å². The van der Waals surface area contributed by atoms with Gasteiger partial charge in [0.1, 0.15) is 0 Å². The molecular weight excluding hydrogens is 375 g/mol. The average Bonchev–Trinajstić information content (AvgIpc) is 2.52. The SMILES string of the molecule is CCc1cc(/C=C/C(c2cc(Cl)c(F)c(Cl)c2)C(F)(F)F)ccc1C. The van der Waals surface area contributed by atoms with E-state index >= 15 is 0 Å². The highest BCUT2D eigenvalue weighted by Gasteiger charge is 2.39. The molecule has 0 heterocycles. The minimum absolute atomic E-state index is 0.206. The maximum absolute atomic E-state index is 13.5. The van der Waals surface area contributed by atoms with Crippen LogP contribution < -0.4 is 0 Å². The van der Waals surface area contributed by atoms with Crippen molar-refractivity contribution in [3.63, 3.8) is 0 Å². The molecule has 0 saturated carbocycles. The highest BCUT2D eigenvalue weighted by molar-refractivity contribution is 6.35. The van der Waals surface area contributed by atoms with Crippen LogP contribution in [-0.2, 0) is 6.42 Å². The molecule has 0 fully saturated rings. The summed E-state index contributed by atoms with van der Waals surface area (Å²) in [5.74, 6) is -2.86. The lowest BCUT2D eigenvalue weighted by atomic mass is 9.96. The van der Waals surface area contributed by atoms with Gasteiger partial charge in [0.15, 0.2) is 5.82 Å². The molecule has 0 spiro atoms. The maximum Gasteiger partial charge on any atom is 0.399 e. The Morgan fingerprint density at radius 2 is 1.68 bits per heavy atom. The number of aryl methyl sites for hydroxylation is 2. The fraction of sp³-hybridized carbons (Fsp3) is 0.263. The minimum atomic E-state index is -4.56. The zero-order valence-electron chi connectivity index (χ0n) is 13.6. The summed E-state index contributed by atoms with van der Waals surface area (Å²) in [5.41, 5.74) is 2.61. The van der Waals surface area contributed by atoms with E-state index in [-0.39, 0.29) is 5.56 Å². The van der Waals surface area contributed by atoms with Gasteiger partial charge in [0.2, 0.25) is 0 Å². The van der Waals surface area contributed by atoms with Crippen LogP contribution in [0.15, 0.2) is 36.4 Å². The van der Waals surface area contributed by atoms with Crippen molar-refractivity contribution < 1.29 is 17.6 Å². The molecule has 2 aromatic carbocycles. The first kappa shape index (κ1) is 19.8. The predicted molar refractivity (Wildman–Crippen MR) is 94.8 cm³/mol. The van der Waals surface area contributed by atoms with Crippen molar-refractivity contribution in [1.29, 1.82) is 0 Å². The molecule has 1 atom stereocenters. The molecule has 2 aromatic rings. The topological polar surface area (TPSA) is 0 Å².